The summed E-state index contributed by atoms with van der Waals surface area (Å²) in [6, 6.07) is 18.0. The van der Waals surface area contributed by atoms with E-state index in [1.54, 1.807) is 6.20 Å². The van der Waals surface area contributed by atoms with Gasteiger partial charge in [0, 0.05) is 17.5 Å². The number of rotatable bonds is 2. The molecule has 1 unspecified atom stereocenters. The van der Waals surface area contributed by atoms with Gasteiger partial charge in [-0.3, -0.25) is 4.98 Å². The number of aliphatic hydroxyl groups is 1. The van der Waals surface area contributed by atoms with Crippen molar-refractivity contribution in [2.45, 2.75) is 13.0 Å². The zero-order chi connectivity index (χ0) is 13.2. The molecule has 3 rings (SSSR count). The average molecular weight is 249 g/mol. The molecule has 0 fully saturated rings. The summed E-state index contributed by atoms with van der Waals surface area (Å²) in [5.41, 5.74) is 2.67. The Morgan fingerprint density at radius 1 is 0.895 bits per heavy atom. The summed E-state index contributed by atoms with van der Waals surface area (Å²) in [6.07, 6.45) is 1.10. The molecular weight excluding hydrogens is 234 g/mol. The zero-order valence-corrected chi connectivity index (χ0v) is 10.7. The zero-order valence-electron chi connectivity index (χ0n) is 10.7. The van der Waals surface area contributed by atoms with E-state index in [0.29, 0.717) is 0 Å². The lowest BCUT2D eigenvalue weighted by atomic mass is 9.99. The molecule has 0 spiro atoms. The maximum Gasteiger partial charge on any atom is 0.106 e. The van der Waals surface area contributed by atoms with Gasteiger partial charge in [0.15, 0.2) is 0 Å². The van der Waals surface area contributed by atoms with Crippen molar-refractivity contribution < 1.29 is 5.11 Å². The molecule has 0 amide bonds. The fourth-order valence-corrected chi connectivity index (χ4v) is 2.21. The molecule has 1 heterocycles. The molecular formula is C17H15NO. The van der Waals surface area contributed by atoms with Crippen molar-refractivity contribution in [3.8, 4) is 0 Å². The molecule has 94 valence electrons. The van der Waals surface area contributed by atoms with Crippen LogP contribution in [0.3, 0.4) is 0 Å². The third-order valence-corrected chi connectivity index (χ3v) is 3.34. The molecule has 2 heteroatoms. The predicted molar refractivity (Wildman–Crippen MR) is 77.0 cm³/mol. The van der Waals surface area contributed by atoms with Crippen LogP contribution in [0.4, 0.5) is 0 Å². The molecule has 1 atom stereocenters. The van der Waals surface area contributed by atoms with E-state index >= 15 is 0 Å². The Hall–Kier alpha value is -2.19. The Bertz CT molecular complexity index is 704. The first kappa shape index (κ1) is 11.9. The van der Waals surface area contributed by atoms with E-state index < -0.39 is 6.10 Å². The van der Waals surface area contributed by atoms with Crippen molar-refractivity contribution in [2.75, 3.05) is 0 Å². The Labute approximate surface area is 112 Å². The highest BCUT2D eigenvalue weighted by Crippen LogP contribution is 2.25. The van der Waals surface area contributed by atoms with Crippen LogP contribution in [-0.2, 0) is 0 Å². The molecule has 2 nitrogen and oxygen atoms in total. The van der Waals surface area contributed by atoms with Crippen LogP contribution in [0, 0.1) is 6.92 Å². The van der Waals surface area contributed by atoms with Gasteiger partial charge >= 0.3 is 0 Å². The van der Waals surface area contributed by atoms with Crippen LogP contribution >= 0.6 is 0 Å². The van der Waals surface area contributed by atoms with E-state index in [4.69, 9.17) is 0 Å². The number of hydrogen-bond acceptors (Lipinski definition) is 2. The van der Waals surface area contributed by atoms with Crippen molar-refractivity contribution in [1.82, 2.24) is 4.98 Å². The number of aromatic nitrogens is 1. The van der Waals surface area contributed by atoms with Gasteiger partial charge in [-0.25, -0.2) is 0 Å². The largest absolute Gasteiger partial charge is 0.384 e. The third-order valence-electron chi connectivity index (χ3n) is 3.34. The molecule has 0 saturated carbocycles. The van der Waals surface area contributed by atoms with Gasteiger partial charge in [-0.1, -0.05) is 42.5 Å². The molecule has 1 aromatic heterocycles. The van der Waals surface area contributed by atoms with Crippen LogP contribution in [0.15, 0.2) is 60.8 Å². The quantitative estimate of drug-likeness (QED) is 0.752. The highest BCUT2D eigenvalue weighted by Gasteiger charge is 2.10. The summed E-state index contributed by atoms with van der Waals surface area (Å²) in [6.45, 7) is 1.94. The summed E-state index contributed by atoms with van der Waals surface area (Å²) < 4.78 is 0. The van der Waals surface area contributed by atoms with Crippen molar-refractivity contribution in [3.05, 3.63) is 77.6 Å². The van der Waals surface area contributed by atoms with E-state index in [2.05, 4.69) is 17.1 Å². The summed E-state index contributed by atoms with van der Waals surface area (Å²) >= 11 is 0. The number of aryl methyl sites for hydroxylation is 1. The van der Waals surface area contributed by atoms with E-state index in [9.17, 15) is 5.11 Å². The SMILES string of the molecule is Cc1ccc(C(O)c2ccc3ccccc3c2)cn1. The highest BCUT2D eigenvalue weighted by molar-refractivity contribution is 5.83. The third kappa shape index (κ3) is 2.35. The average Bonchev–Trinajstić information content (AvgIpc) is 2.47. The Morgan fingerprint density at radius 3 is 2.37 bits per heavy atom. The van der Waals surface area contributed by atoms with Crippen LogP contribution < -0.4 is 0 Å². The number of aliphatic hydroxyl groups excluding tert-OH is 1. The smallest absolute Gasteiger partial charge is 0.106 e. The van der Waals surface area contributed by atoms with Crippen LogP contribution in [0.1, 0.15) is 22.9 Å². The maximum absolute atomic E-state index is 10.4. The summed E-state index contributed by atoms with van der Waals surface area (Å²) in [7, 11) is 0. The van der Waals surface area contributed by atoms with E-state index in [1.807, 2.05) is 49.4 Å². The lowest BCUT2D eigenvalue weighted by Crippen LogP contribution is -2.00. The Balaban J connectivity index is 2.01. The minimum absolute atomic E-state index is 0.627. The summed E-state index contributed by atoms with van der Waals surface area (Å²) in [4.78, 5) is 4.23. The normalized spacial score (nSPS) is 12.5. The summed E-state index contributed by atoms with van der Waals surface area (Å²) in [5.74, 6) is 0. The van der Waals surface area contributed by atoms with Gasteiger partial charge < -0.3 is 5.11 Å². The second-order valence-corrected chi connectivity index (χ2v) is 4.74. The number of pyridine rings is 1. The van der Waals surface area contributed by atoms with Gasteiger partial charge in [-0.15, -0.1) is 0 Å². The lowest BCUT2D eigenvalue weighted by molar-refractivity contribution is 0.220. The maximum atomic E-state index is 10.4. The molecule has 3 aromatic rings. The predicted octanol–water partition coefficient (Wildman–Crippen LogP) is 3.62. The Kier molecular flexibility index (Phi) is 3.02. The minimum atomic E-state index is -0.627. The van der Waals surface area contributed by atoms with Crippen molar-refractivity contribution >= 4 is 10.8 Å². The highest BCUT2D eigenvalue weighted by atomic mass is 16.3. The second-order valence-electron chi connectivity index (χ2n) is 4.74. The molecule has 2 aromatic carbocycles. The van der Waals surface area contributed by atoms with Crippen LogP contribution in [-0.4, -0.2) is 10.1 Å². The molecule has 19 heavy (non-hydrogen) atoms. The van der Waals surface area contributed by atoms with Crippen molar-refractivity contribution in [3.63, 3.8) is 0 Å². The number of fused-ring (bicyclic) bond motifs is 1. The second kappa shape index (κ2) is 4.82. The fraction of sp³-hybridized carbons (Fsp3) is 0.118. The standard InChI is InChI=1S/C17H15NO/c1-12-6-7-16(11-18-12)17(19)15-9-8-13-4-2-3-5-14(13)10-15/h2-11,17,19H,1H3. The van der Waals surface area contributed by atoms with E-state index in [-0.39, 0.29) is 0 Å². The van der Waals surface area contributed by atoms with E-state index in [0.717, 1.165) is 22.2 Å². The van der Waals surface area contributed by atoms with Crippen LogP contribution in [0.2, 0.25) is 0 Å². The monoisotopic (exact) mass is 249 g/mol. The van der Waals surface area contributed by atoms with E-state index in [1.165, 1.54) is 5.39 Å². The number of nitrogens with zero attached hydrogens (tertiary/aromatic N) is 1. The van der Waals surface area contributed by atoms with Crippen molar-refractivity contribution in [2.24, 2.45) is 0 Å². The molecule has 0 aliphatic rings. The molecule has 0 saturated heterocycles. The Morgan fingerprint density at radius 2 is 1.63 bits per heavy atom. The molecule has 0 bridgehead atoms. The minimum Gasteiger partial charge on any atom is -0.384 e. The lowest BCUT2D eigenvalue weighted by Gasteiger charge is -2.12. The first-order valence-corrected chi connectivity index (χ1v) is 6.33. The summed E-state index contributed by atoms with van der Waals surface area (Å²) in [5, 5.41) is 12.7. The van der Waals surface area contributed by atoms with Gasteiger partial charge in [0.05, 0.1) is 0 Å². The van der Waals surface area contributed by atoms with Gasteiger partial charge in [0.2, 0.25) is 0 Å². The molecule has 0 aliphatic heterocycles. The van der Waals surface area contributed by atoms with Gasteiger partial charge in [0.25, 0.3) is 0 Å². The first-order valence-electron chi connectivity index (χ1n) is 6.33. The molecule has 0 radical (unpaired) electrons. The van der Waals surface area contributed by atoms with Crippen LogP contribution in [0.25, 0.3) is 10.8 Å². The number of hydrogen-bond donors (Lipinski definition) is 1. The topological polar surface area (TPSA) is 33.1 Å². The van der Waals surface area contributed by atoms with Gasteiger partial charge in [0.1, 0.15) is 6.10 Å². The first-order chi connectivity index (χ1) is 9.24. The van der Waals surface area contributed by atoms with Crippen molar-refractivity contribution in [1.29, 1.82) is 0 Å². The molecule has 1 N–H and O–H groups in total. The fourth-order valence-electron chi connectivity index (χ4n) is 2.21. The van der Waals surface area contributed by atoms with Crippen LogP contribution in [0.5, 0.6) is 0 Å². The van der Waals surface area contributed by atoms with Gasteiger partial charge in [-0.2, -0.15) is 0 Å². The molecule has 0 aliphatic carbocycles. The van der Waals surface area contributed by atoms with Gasteiger partial charge in [-0.05, 0) is 35.4 Å². The number of benzene rings is 2.